The van der Waals surface area contributed by atoms with Gasteiger partial charge in [-0.3, -0.25) is 14.4 Å². The molecule has 0 aromatic rings. The second kappa shape index (κ2) is 16.4. The maximum atomic E-state index is 12.9. The number of carboxylic acids is 1. The summed E-state index contributed by atoms with van der Waals surface area (Å²) in [6, 6.07) is -3.68. The predicted octanol–water partition coefficient (Wildman–Crippen LogP) is -0.823. The van der Waals surface area contributed by atoms with Crippen molar-refractivity contribution in [3.05, 3.63) is 0 Å². The topological polar surface area (TPSA) is 203 Å². The summed E-state index contributed by atoms with van der Waals surface area (Å²) >= 11 is 0. The molecule has 0 saturated carbocycles. The first-order chi connectivity index (χ1) is 15.0. The third-order valence-corrected chi connectivity index (χ3v) is 4.90. The van der Waals surface area contributed by atoms with E-state index < -0.39 is 47.9 Å². The van der Waals surface area contributed by atoms with E-state index >= 15 is 0 Å². The van der Waals surface area contributed by atoms with Crippen LogP contribution in [0, 0.1) is 5.92 Å². The van der Waals surface area contributed by atoms with Crippen LogP contribution in [0.15, 0.2) is 0 Å². The molecule has 0 heterocycles. The van der Waals surface area contributed by atoms with Gasteiger partial charge in [-0.1, -0.05) is 13.8 Å². The molecule has 0 aliphatic rings. The van der Waals surface area contributed by atoms with Gasteiger partial charge in [-0.15, -0.1) is 0 Å². The van der Waals surface area contributed by atoms with Gasteiger partial charge in [0.1, 0.15) is 18.1 Å². The number of amides is 3. The highest BCUT2D eigenvalue weighted by Crippen LogP contribution is 2.09. The lowest BCUT2D eigenvalue weighted by molar-refractivity contribution is -0.142. The molecule has 11 heteroatoms. The van der Waals surface area contributed by atoms with Crippen LogP contribution in [0.3, 0.4) is 0 Å². The smallest absolute Gasteiger partial charge is 0.326 e. The number of hydrogen-bond donors (Lipinski definition) is 7. The number of aliphatic carboxylic acids is 1. The van der Waals surface area contributed by atoms with Gasteiger partial charge in [0, 0.05) is 0 Å². The van der Waals surface area contributed by atoms with E-state index in [4.69, 9.17) is 17.2 Å². The van der Waals surface area contributed by atoms with E-state index in [1.165, 1.54) is 6.92 Å². The zero-order chi connectivity index (χ0) is 24.7. The molecule has 10 N–H and O–H groups in total. The molecule has 11 nitrogen and oxygen atoms in total. The highest BCUT2D eigenvalue weighted by atomic mass is 16.4. The van der Waals surface area contributed by atoms with Crippen molar-refractivity contribution >= 4 is 23.7 Å². The quantitative estimate of drug-likeness (QED) is 0.137. The first-order valence-electron chi connectivity index (χ1n) is 11.3. The number of carbonyl (C=O) groups is 4. The Morgan fingerprint density at radius 2 is 1.16 bits per heavy atom. The van der Waals surface area contributed by atoms with Crippen LogP contribution in [0.4, 0.5) is 0 Å². The van der Waals surface area contributed by atoms with E-state index in [1.54, 1.807) is 0 Å². The SMILES string of the molecule is CC(C)CC(NC(=O)C(CCCCN)NC(=O)C(C)N)C(=O)NC(CCCCN)C(=O)O. The molecule has 0 bridgehead atoms. The van der Waals surface area contributed by atoms with Crippen molar-refractivity contribution in [3.8, 4) is 0 Å². The van der Waals surface area contributed by atoms with Crippen molar-refractivity contribution in [1.82, 2.24) is 16.0 Å². The molecule has 0 aromatic heterocycles. The Bertz CT molecular complexity index is 599. The first-order valence-corrected chi connectivity index (χ1v) is 11.3. The molecule has 0 aliphatic carbocycles. The second-order valence-corrected chi connectivity index (χ2v) is 8.51. The minimum atomic E-state index is -1.14. The van der Waals surface area contributed by atoms with Crippen molar-refractivity contribution in [2.75, 3.05) is 13.1 Å². The fraction of sp³-hybridized carbons (Fsp3) is 0.810. The van der Waals surface area contributed by atoms with E-state index in [2.05, 4.69) is 16.0 Å². The number of unbranched alkanes of at least 4 members (excludes halogenated alkanes) is 2. The lowest BCUT2D eigenvalue weighted by atomic mass is 10.0. The average molecular weight is 459 g/mol. The molecule has 0 aromatic carbocycles. The molecule has 0 fully saturated rings. The van der Waals surface area contributed by atoms with Crippen LogP contribution in [0.2, 0.25) is 0 Å². The molecule has 4 unspecified atom stereocenters. The maximum Gasteiger partial charge on any atom is 0.326 e. The van der Waals surface area contributed by atoms with Gasteiger partial charge < -0.3 is 38.3 Å². The Hall–Kier alpha value is -2.24. The van der Waals surface area contributed by atoms with Crippen molar-refractivity contribution in [1.29, 1.82) is 0 Å². The van der Waals surface area contributed by atoms with Crippen molar-refractivity contribution in [2.45, 2.75) is 89.9 Å². The molecule has 32 heavy (non-hydrogen) atoms. The summed E-state index contributed by atoms with van der Waals surface area (Å²) in [7, 11) is 0. The second-order valence-electron chi connectivity index (χ2n) is 8.51. The molecule has 0 aliphatic heterocycles. The molecular weight excluding hydrogens is 416 g/mol. The molecular formula is C21H42N6O5. The number of rotatable bonds is 17. The summed E-state index contributed by atoms with van der Waals surface area (Å²) in [6.45, 7) is 6.17. The molecule has 4 atom stereocenters. The fourth-order valence-electron chi connectivity index (χ4n) is 3.06. The fourth-order valence-corrected chi connectivity index (χ4v) is 3.06. The van der Waals surface area contributed by atoms with Gasteiger partial charge in [0.25, 0.3) is 0 Å². The molecule has 0 radical (unpaired) electrons. The molecule has 3 amide bonds. The first kappa shape index (κ1) is 29.8. The Balaban J connectivity index is 5.34. The van der Waals surface area contributed by atoms with Gasteiger partial charge in [0.2, 0.25) is 17.7 Å². The van der Waals surface area contributed by atoms with E-state index in [0.717, 1.165) is 0 Å². The molecule has 0 rings (SSSR count). The van der Waals surface area contributed by atoms with Crippen LogP contribution >= 0.6 is 0 Å². The van der Waals surface area contributed by atoms with E-state index in [1.807, 2.05) is 13.8 Å². The van der Waals surface area contributed by atoms with Crippen molar-refractivity contribution in [2.24, 2.45) is 23.1 Å². The minimum absolute atomic E-state index is 0.0564. The van der Waals surface area contributed by atoms with Gasteiger partial charge in [0.15, 0.2) is 0 Å². The van der Waals surface area contributed by atoms with Crippen LogP contribution in [-0.2, 0) is 19.2 Å². The predicted molar refractivity (Wildman–Crippen MR) is 122 cm³/mol. The van der Waals surface area contributed by atoms with Gasteiger partial charge in [-0.05, 0) is 70.9 Å². The number of hydrogen-bond acceptors (Lipinski definition) is 7. The van der Waals surface area contributed by atoms with E-state index in [9.17, 15) is 24.3 Å². The Morgan fingerprint density at radius 3 is 1.59 bits per heavy atom. The Morgan fingerprint density at radius 1 is 0.719 bits per heavy atom. The summed E-state index contributed by atoms with van der Waals surface area (Å²) in [6.07, 6.45) is 3.38. The van der Waals surface area contributed by atoms with Crippen LogP contribution in [0.25, 0.3) is 0 Å². The summed E-state index contributed by atoms with van der Waals surface area (Å²) in [5, 5.41) is 17.2. The van der Waals surface area contributed by atoms with E-state index in [0.29, 0.717) is 51.6 Å². The molecule has 0 spiro atoms. The average Bonchev–Trinajstić information content (AvgIpc) is 2.71. The number of carbonyl (C=O) groups excluding carboxylic acids is 3. The summed E-state index contributed by atoms with van der Waals surface area (Å²) in [5.74, 6) is -2.67. The number of carboxylic acid groups (broad SMARTS) is 1. The molecule has 0 saturated heterocycles. The summed E-state index contributed by atoms with van der Waals surface area (Å²) < 4.78 is 0. The number of nitrogens with one attached hydrogen (secondary N) is 3. The number of nitrogens with two attached hydrogens (primary N) is 3. The minimum Gasteiger partial charge on any atom is -0.480 e. The maximum absolute atomic E-state index is 12.9. The van der Waals surface area contributed by atoms with E-state index in [-0.39, 0.29) is 12.3 Å². The zero-order valence-electron chi connectivity index (χ0n) is 19.6. The van der Waals surface area contributed by atoms with Crippen molar-refractivity contribution in [3.63, 3.8) is 0 Å². The zero-order valence-corrected chi connectivity index (χ0v) is 19.6. The lowest BCUT2D eigenvalue weighted by Crippen LogP contribution is -2.57. The van der Waals surface area contributed by atoms with Crippen LogP contribution in [0.1, 0.15) is 65.7 Å². The summed E-state index contributed by atoms with van der Waals surface area (Å²) in [5.41, 5.74) is 16.6. The Labute approximate surface area is 190 Å². The highest BCUT2D eigenvalue weighted by molar-refractivity contribution is 5.94. The molecule has 186 valence electrons. The van der Waals surface area contributed by atoms with Gasteiger partial charge in [-0.25, -0.2) is 4.79 Å². The Kier molecular flexibility index (Phi) is 15.3. The van der Waals surface area contributed by atoms with Crippen LogP contribution in [-0.4, -0.2) is 66.1 Å². The third kappa shape index (κ3) is 12.6. The summed E-state index contributed by atoms with van der Waals surface area (Å²) in [4.78, 5) is 49.3. The monoisotopic (exact) mass is 458 g/mol. The lowest BCUT2D eigenvalue weighted by Gasteiger charge is -2.26. The van der Waals surface area contributed by atoms with Crippen LogP contribution in [0.5, 0.6) is 0 Å². The van der Waals surface area contributed by atoms with Gasteiger partial charge in [0.05, 0.1) is 6.04 Å². The van der Waals surface area contributed by atoms with Gasteiger partial charge >= 0.3 is 5.97 Å². The third-order valence-electron chi connectivity index (χ3n) is 4.90. The van der Waals surface area contributed by atoms with Gasteiger partial charge in [-0.2, -0.15) is 0 Å². The van der Waals surface area contributed by atoms with Crippen LogP contribution < -0.4 is 33.2 Å². The standard InChI is InChI=1S/C21H42N6O5/c1-13(2)12-17(20(30)26-16(21(31)32)9-5-7-11-23)27-19(29)15(8-4-6-10-22)25-18(28)14(3)24/h13-17H,4-12,22-24H2,1-3H3,(H,25,28)(H,26,30)(H,27,29)(H,31,32). The normalized spacial score (nSPS) is 14.8. The van der Waals surface area contributed by atoms with Crippen molar-refractivity contribution < 1.29 is 24.3 Å². The highest BCUT2D eigenvalue weighted by Gasteiger charge is 2.30. The largest absolute Gasteiger partial charge is 0.480 e.